The molecule has 0 aliphatic carbocycles. The SMILES string of the molecule is O=C(CN1C(=O)S/C(=C\c2cc(Br)ccc2OCc2ccccc2F)C1=O)c1ccc(Cl)cc1. The highest BCUT2D eigenvalue weighted by Crippen LogP contribution is 2.35. The molecule has 0 radical (unpaired) electrons. The van der Waals surface area contributed by atoms with Crippen molar-refractivity contribution in [3.8, 4) is 5.75 Å². The van der Waals surface area contributed by atoms with E-state index in [1.54, 1.807) is 60.7 Å². The van der Waals surface area contributed by atoms with Crippen LogP contribution >= 0.6 is 39.3 Å². The molecule has 3 aromatic carbocycles. The first-order valence-corrected chi connectivity index (χ1v) is 12.0. The van der Waals surface area contributed by atoms with E-state index in [0.29, 0.717) is 27.5 Å². The summed E-state index contributed by atoms with van der Waals surface area (Å²) < 4.78 is 20.5. The molecule has 0 N–H and O–H groups in total. The molecule has 4 rings (SSSR count). The zero-order valence-corrected chi connectivity index (χ0v) is 20.6. The van der Waals surface area contributed by atoms with Gasteiger partial charge in [-0.05, 0) is 66.4 Å². The van der Waals surface area contributed by atoms with Crippen LogP contribution in [0.25, 0.3) is 6.08 Å². The van der Waals surface area contributed by atoms with E-state index in [9.17, 15) is 18.8 Å². The number of carbonyl (C=O) groups excluding carboxylic acids is 3. The first-order chi connectivity index (χ1) is 16.3. The summed E-state index contributed by atoms with van der Waals surface area (Å²) in [4.78, 5) is 39.0. The van der Waals surface area contributed by atoms with Gasteiger partial charge in [0.15, 0.2) is 5.78 Å². The van der Waals surface area contributed by atoms with Crippen molar-refractivity contribution >= 4 is 62.3 Å². The Kier molecular flexibility index (Phi) is 7.50. The average molecular weight is 561 g/mol. The van der Waals surface area contributed by atoms with Crippen molar-refractivity contribution < 1.29 is 23.5 Å². The van der Waals surface area contributed by atoms with Crippen LogP contribution in [0.5, 0.6) is 5.75 Å². The molecule has 34 heavy (non-hydrogen) atoms. The van der Waals surface area contributed by atoms with Crippen molar-refractivity contribution in [2.75, 3.05) is 6.54 Å². The fourth-order valence-corrected chi connectivity index (χ4v) is 4.52. The number of carbonyl (C=O) groups is 3. The highest BCUT2D eigenvalue weighted by atomic mass is 79.9. The normalized spacial score (nSPS) is 14.7. The van der Waals surface area contributed by atoms with Crippen LogP contribution in [-0.2, 0) is 11.4 Å². The van der Waals surface area contributed by atoms with Gasteiger partial charge in [0.2, 0.25) is 0 Å². The summed E-state index contributed by atoms with van der Waals surface area (Å²) in [5.41, 5.74) is 1.26. The van der Waals surface area contributed by atoms with Crippen LogP contribution in [0.3, 0.4) is 0 Å². The van der Waals surface area contributed by atoms with Crippen molar-refractivity contribution in [3.63, 3.8) is 0 Å². The van der Waals surface area contributed by atoms with Gasteiger partial charge in [0.05, 0.1) is 11.4 Å². The minimum Gasteiger partial charge on any atom is -0.488 e. The Balaban J connectivity index is 1.53. The molecule has 172 valence electrons. The Labute approximate surface area is 212 Å². The predicted molar refractivity (Wildman–Crippen MR) is 133 cm³/mol. The summed E-state index contributed by atoms with van der Waals surface area (Å²) in [5, 5.41) is -0.0601. The second-order valence-electron chi connectivity index (χ2n) is 7.26. The molecule has 0 atom stereocenters. The van der Waals surface area contributed by atoms with Gasteiger partial charge in [-0.25, -0.2) is 4.39 Å². The fraction of sp³-hybridized carbons (Fsp3) is 0.0800. The molecule has 0 spiro atoms. The summed E-state index contributed by atoms with van der Waals surface area (Å²) in [5.74, 6) is -0.919. The second kappa shape index (κ2) is 10.5. The van der Waals surface area contributed by atoms with Gasteiger partial charge in [-0.15, -0.1) is 0 Å². The number of amides is 2. The molecular formula is C25H16BrClFNO4S. The Morgan fingerprint density at radius 1 is 1.09 bits per heavy atom. The van der Waals surface area contributed by atoms with Crippen molar-refractivity contribution in [1.82, 2.24) is 4.90 Å². The third-order valence-electron chi connectivity index (χ3n) is 4.94. The molecule has 1 aliphatic heterocycles. The van der Waals surface area contributed by atoms with E-state index in [0.717, 1.165) is 21.1 Å². The molecule has 1 aliphatic rings. The number of nitrogens with zero attached hydrogens (tertiary/aromatic N) is 1. The minimum absolute atomic E-state index is 0.00772. The zero-order valence-electron chi connectivity index (χ0n) is 17.5. The van der Waals surface area contributed by atoms with E-state index >= 15 is 0 Å². The van der Waals surface area contributed by atoms with Crippen LogP contribution in [0.2, 0.25) is 5.02 Å². The quantitative estimate of drug-likeness (QED) is 0.237. The maximum absolute atomic E-state index is 13.9. The lowest BCUT2D eigenvalue weighted by molar-refractivity contribution is -0.122. The number of imide groups is 1. The lowest BCUT2D eigenvalue weighted by atomic mass is 10.1. The lowest BCUT2D eigenvalue weighted by Crippen LogP contribution is -2.33. The van der Waals surface area contributed by atoms with Gasteiger partial charge in [-0.3, -0.25) is 19.3 Å². The maximum atomic E-state index is 13.9. The topological polar surface area (TPSA) is 63.7 Å². The van der Waals surface area contributed by atoms with Gasteiger partial charge in [0, 0.05) is 26.2 Å². The third-order valence-corrected chi connectivity index (χ3v) is 6.59. The van der Waals surface area contributed by atoms with Crippen molar-refractivity contribution in [3.05, 3.63) is 104 Å². The highest BCUT2D eigenvalue weighted by Gasteiger charge is 2.36. The number of Topliss-reactive ketones (excluding diaryl/α,β-unsaturated/α-hetero) is 1. The summed E-state index contributed by atoms with van der Waals surface area (Å²) >= 11 is 9.97. The first kappa shape index (κ1) is 24.2. The average Bonchev–Trinajstić information content (AvgIpc) is 3.07. The molecule has 1 heterocycles. The molecule has 0 saturated carbocycles. The number of halogens is 3. The molecule has 0 aromatic heterocycles. The summed E-state index contributed by atoms with van der Waals surface area (Å²) in [6.07, 6.45) is 1.53. The molecule has 9 heteroatoms. The van der Waals surface area contributed by atoms with Gasteiger partial charge in [0.25, 0.3) is 11.1 Å². The van der Waals surface area contributed by atoms with Gasteiger partial charge < -0.3 is 4.74 Å². The second-order valence-corrected chi connectivity index (χ2v) is 9.61. The molecule has 3 aromatic rings. The van der Waals surface area contributed by atoms with Gasteiger partial charge >= 0.3 is 0 Å². The van der Waals surface area contributed by atoms with Crippen LogP contribution < -0.4 is 4.74 Å². The Bertz CT molecular complexity index is 1310. The largest absolute Gasteiger partial charge is 0.488 e. The molecule has 5 nitrogen and oxygen atoms in total. The van der Waals surface area contributed by atoms with E-state index < -0.39 is 11.1 Å². The number of ketones is 1. The molecule has 2 amide bonds. The number of hydrogen-bond acceptors (Lipinski definition) is 5. The number of ether oxygens (including phenoxy) is 1. The minimum atomic E-state index is -0.572. The Hall–Kier alpha value is -2.94. The van der Waals surface area contributed by atoms with Crippen LogP contribution in [-0.4, -0.2) is 28.4 Å². The molecule has 1 saturated heterocycles. The van der Waals surface area contributed by atoms with Gasteiger partial charge in [0.1, 0.15) is 18.2 Å². The molecule has 1 fully saturated rings. The summed E-state index contributed by atoms with van der Waals surface area (Å²) in [7, 11) is 0. The Morgan fingerprint density at radius 3 is 2.56 bits per heavy atom. The van der Waals surface area contributed by atoms with E-state index in [1.165, 1.54) is 12.1 Å². The number of rotatable bonds is 7. The molecule has 0 bridgehead atoms. The summed E-state index contributed by atoms with van der Waals surface area (Å²) in [6.45, 7) is -0.384. The zero-order chi connectivity index (χ0) is 24.2. The first-order valence-electron chi connectivity index (χ1n) is 10.0. The number of benzene rings is 3. The van der Waals surface area contributed by atoms with Crippen LogP contribution in [0.4, 0.5) is 9.18 Å². The van der Waals surface area contributed by atoms with Crippen LogP contribution in [0.15, 0.2) is 76.1 Å². The fourth-order valence-electron chi connectivity index (χ4n) is 3.18. The number of thioether (sulfide) groups is 1. The van der Waals surface area contributed by atoms with Crippen molar-refractivity contribution in [2.24, 2.45) is 0 Å². The van der Waals surface area contributed by atoms with Gasteiger partial charge in [-0.1, -0.05) is 45.7 Å². The van der Waals surface area contributed by atoms with E-state index in [1.807, 2.05) is 0 Å². The third kappa shape index (κ3) is 5.58. The van der Waals surface area contributed by atoms with Crippen molar-refractivity contribution in [1.29, 1.82) is 0 Å². The standard InChI is InChI=1S/C25H16BrClFNO4S/c26-18-7-10-22(33-14-16-3-1-2-4-20(16)28)17(11-18)12-23-24(31)29(25(32)34-23)13-21(30)15-5-8-19(27)9-6-15/h1-12H,13-14H2/b23-12-. The van der Waals surface area contributed by atoms with Crippen molar-refractivity contribution in [2.45, 2.75) is 6.61 Å². The van der Waals surface area contributed by atoms with E-state index in [-0.39, 0.29) is 29.7 Å². The van der Waals surface area contributed by atoms with Crippen LogP contribution in [0.1, 0.15) is 21.5 Å². The lowest BCUT2D eigenvalue weighted by Gasteiger charge is -2.12. The van der Waals surface area contributed by atoms with E-state index in [2.05, 4.69) is 15.9 Å². The monoisotopic (exact) mass is 559 g/mol. The van der Waals surface area contributed by atoms with Crippen LogP contribution in [0, 0.1) is 5.82 Å². The highest BCUT2D eigenvalue weighted by molar-refractivity contribution is 9.10. The Morgan fingerprint density at radius 2 is 1.82 bits per heavy atom. The molecular weight excluding hydrogens is 545 g/mol. The smallest absolute Gasteiger partial charge is 0.293 e. The predicted octanol–water partition coefficient (Wildman–Crippen LogP) is 6.74. The molecule has 0 unspecified atom stereocenters. The van der Waals surface area contributed by atoms with E-state index in [4.69, 9.17) is 16.3 Å². The number of hydrogen-bond donors (Lipinski definition) is 0. The maximum Gasteiger partial charge on any atom is 0.293 e. The summed E-state index contributed by atoms with van der Waals surface area (Å²) in [6, 6.07) is 17.7. The van der Waals surface area contributed by atoms with Gasteiger partial charge in [-0.2, -0.15) is 0 Å².